The summed E-state index contributed by atoms with van der Waals surface area (Å²) in [4.78, 5) is 3.90. The van der Waals surface area contributed by atoms with Gasteiger partial charge in [0.25, 0.3) is 0 Å². The van der Waals surface area contributed by atoms with E-state index in [9.17, 15) is 8.42 Å². The maximum Gasteiger partial charge on any atom is 0.246 e. The SMILES string of the molecule is COC1(C)CCCN(S(=O)(=O)c2cc(Br)cnc2Cl)C1. The number of hydrogen-bond donors (Lipinski definition) is 0. The van der Waals surface area contributed by atoms with Crippen LogP contribution in [0.25, 0.3) is 0 Å². The first-order valence-corrected chi connectivity index (χ1v) is 8.76. The van der Waals surface area contributed by atoms with Crippen LogP contribution in [-0.2, 0) is 14.8 Å². The van der Waals surface area contributed by atoms with E-state index in [1.54, 1.807) is 7.11 Å². The molecular formula is C12H16BrClN2O3S. The number of methoxy groups -OCH3 is 1. The molecule has 2 heterocycles. The third kappa shape index (κ3) is 3.17. The molecule has 1 aliphatic rings. The van der Waals surface area contributed by atoms with Crippen molar-refractivity contribution < 1.29 is 13.2 Å². The van der Waals surface area contributed by atoms with Gasteiger partial charge in [0.05, 0.1) is 5.60 Å². The zero-order chi connectivity index (χ0) is 15.0. The fourth-order valence-corrected chi connectivity index (χ4v) is 4.77. The van der Waals surface area contributed by atoms with Crippen LogP contribution in [0.15, 0.2) is 21.6 Å². The van der Waals surface area contributed by atoms with Crippen molar-refractivity contribution in [1.29, 1.82) is 0 Å². The molecule has 0 saturated carbocycles. The van der Waals surface area contributed by atoms with Gasteiger partial charge in [0.15, 0.2) is 0 Å². The van der Waals surface area contributed by atoms with Gasteiger partial charge in [0, 0.05) is 30.9 Å². The average molecular weight is 384 g/mol. The first-order valence-electron chi connectivity index (χ1n) is 6.15. The van der Waals surface area contributed by atoms with E-state index in [-0.39, 0.29) is 10.0 Å². The number of nitrogens with zero attached hydrogens (tertiary/aromatic N) is 2. The van der Waals surface area contributed by atoms with Gasteiger partial charge < -0.3 is 4.74 Å². The van der Waals surface area contributed by atoms with Crippen LogP contribution in [0.2, 0.25) is 5.15 Å². The summed E-state index contributed by atoms with van der Waals surface area (Å²) in [5, 5.41) is -0.0158. The average Bonchev–Trinajstić information content (AvgIpc) is 2.41. The van der Waals surface area contributed by atoms with E-state index in [0.29, 0.717) is 17.6 Å². The smallest absolute Gasteiger partial charge is 0.246 e. The van der Waals surface area contributed by atoms with Gasteiger partial charge in [-0.05, 0) is 41.8 Å². The van der Waals surface area contributed by atoms with Gasteiger partial charge in [-0.25, -0.2) is 13.4 Å². The predicted octanol–water partition coefficient (Wildman–Crippen LogP) is 2.69. The Morgan fingerprint density at radius 1 is 1.55 bits per heavy atom. The maximum absolute atomic E-state index is 12.7. The van der Waals surface area contributed by atoms with E-state index in [1.165, 1.54) is 16.6 Å². The van der Waals surface area contributed by atoms with Crippen LogP contribution >= 0.6 is 27.5 Å². The second-order valence-corrected chi connectivity index (χ2v) is 8.22. The Hall–Kier alpha value is -0.210. The number of ether oxygens (including phenoxy) is 1. The predicted molar refractivity (Wildman–Crippen MR) is 80.4 cm³/mol. The quantitative estimate of drug-likeness (QED) is 0.753. The summed E-state index contributed by atoms with van der Waals surface area (Å²) >= 11 is 9.16. The largest absolute Gasteiger partial charge is 0.377 e. The summed E-state index contributed by atoms with van der Waals surface area (Å²) in [6, 6.07) is 1.48. The summed E-state index contributed by atoms with van der Waals surface area (Å²) < 4.78 is 32.8. The van der Waals surface area contributed by atoms with Crippen LogP contribution in [0.3, 0.4) is 0 Å². The molecule has 1 fully saturated rings. The number of hydrogen-bond acceptors (Lipinski definition) is 4. The van der Waals surface area contributed by atoms with Gasteiger partial charge in [-0.3, -0.25) is 0 Å². The van der Waals surface area contributed by atoms with Crippen molar-refractivity contribution >= 4 is 37.6 Å². The maximum atomic E-state index is 12.7. The van der Waals surface area contributed by atoms with Crippen molar-refractivity contribution in [2.45, 2.75) is 30.3 Å². The van der Waals surface area contributed by atoms with Crippen LogP contribution in [0.1, 0.15) is 19.8 Å². The summed E-state index contributed by atoms with van der Waals surface area (Å²) in [6.45, 7) is 2.69. The number of rotatable bonds is 3. The van der Waals surface area contributed by atoms with Crippen molar-refractivity contribution in [2.24, 2.45) is 0 Å². The molecule has 0 bridgehead atoms. The molecular weight excluding hydrogens is 368 g/mol. The Labute approximate surface area is 132 Å². The van der Waals surface area contributed by atoms with E-state index in [2.05, 4.69) is 20.9 Å². The first-order chi connectivity index (χ1) is 9.28. The minimum atomic E-state index is -3.67. The normalized spacial score (nSPS) is 24.8. The molecule has 5 nitrogen and oxygen atoms in total. The zero-order valence-corrected chi connectivity index (χ0v) is 14.4. The minimum absolute atomic E-state index is 0.0158. The highest BCUT2D eigenvalue weighted by molar-refractivity contribution is 9.10. The number of sulfonamides is 1. The van der Waals surface area contributed by atoms with Gasteiger partial charge in [-0.1, -0.05) is 11.6 Å². The zero-order valence-electron chi connectivity index (χ0n) is 11.3. The molecule has 1 atom stereocenters. The van der Waals surface area contributed by atoms with Gasteiger partial charge in [0.1, 0.15) is 10.0 Å². The topological polar surface area (TPSA) is 59.5 Å². The van der Waals surface area contributed by atoms with E-state index in [4.69, 9.17) is 16.3 Å². The Bertz CT molecular complexity index is 611. The van der Waals surface area contributed by atoms with Crippen LogP contribution in [0.4, 0.5) is 0 Å². The molecule has 0 spiro atoms. The highest BCUT2D eigenvalue weighted by Crippen LogP contribution is 2.31. The summed E-state index contributed by atoms with van der Waals surface area (Å²) in [6.07, 6.45) is 3.05. The number of aromatic nitrogens is 1. The van der Waals surface area contributed by atoms with E-state index in [0.717, 1.165) is 12.8 Å². The molecule has 0 radical (unpaired) electrons. The number of piperidine rings is 1. The Balaban J connectivity index is 2.37. The van der Waals surface area contributed by atoms with Gasteiger partial charge in [-0.2, -0.15) is 4.31 Å². The lowest BCUT2D eigenvalue weighted by Crippen LogP contribution is -2.49. The molecule has 0 amide bonds. The van der Waals surface area contributed by atoms with Gasteiger partial charge >= 0.3 is 0 Å². The fraction of sp³-hybridized carbons (Fsp3) is 0.583. The molecule has 2 rings (SSSR count). The molecule has 1 aliphatic heterocycles. The van der Waals surface area contributed by atoms with Crippen molar-refractivity contribution in [1.82, 2.24) is 9.29 Å². The molecule has 20 heavy (non-hydrogen) atoms. The Morgan fingerprint density at radius 3 is 2.90 bits per heavy atom. The van der Waals surface area contributed by atoms with Crippen LogP contribution in [0.5, 0.6) is 0 Å². The molecule has 1 unspecified atom stereocenters. The first kappa shape index (κ1) is 16.2. The molecule has 1 aromatic heterocycles. The molecule has 0 aromatic carbocycles. The second-order valence-electron chi connectivity index (χ2n) is 5.04. The standard InChI is InChI=1S/C12H16BrClN2O3S/c1-12(19-2)4-3-5-16(8-12)20(17,18)10-6-9(13)7-15-11(10)14/h6-7H,3-5,8H2,1-2H3. The van der Waals surface area contributed by atoms with E-state index in [1.807, 2.05) is 6.92 Å². The Morgan fingerprint density at radius 2 is 2.25 bits per heavy atom. The molecule has 0 aliphatic carbocycles. The van der Waals surface area contributed by atoms with Crippen LogP contribution in [-0.4, -0.2) is 43.5 Å². The molecule has 1 saturated heterocycles. The van der Waals surface area contributed by atoms with Crippen molar-refractivity contribution in [3.8, 4) is 0 Å². The van der Waals surface area contributed by atoms with Crippen molar-refractivity contribution in [3.63, 3.8) is 0 Å². The summed E-state index contributed by atoms with van der Waals surface area (Å²) in [5.74, 6) is 0. The molecule has 0 N–H and O–H groups in total. The minimum Gasteiger partial charge on any atom is -0.377 e. The monoisotopic (exact) mass is 382 g/mol. The third-order valence-electron chi connectivity index (χ3n) is 3.51. The Kier molecular flexibility index (Phi) is 4.76. The summed E-state index contributed by atoms with van der Waals surface area (Å²) in [5.41, 5.74) is -0.461. The van der Waals surface area contributed by atoms with E-state index >= 15 is 0 Å². The van der Waals surface area contributed by atoms with Crippen LogP contribution in [0, 0.1) is 0 Å². The molecule has 112 valence electrons. The van der Waals surface area contributed by atoms with Crippen molar-refractivity contribution in [2.75, 3.05) is 20.2 Å². The highest BCUT2D eigenvalue weighted by Gasteiger charge is 2.38. The number of halogens is 2. The van der Waals surface area contributed by atoms with Crippen molar-refractivity contribution in [3.05, 3.63) is 21.9 Å². The lowest BCUT2D eigenvalue weighted by molar-refractivity contribution is -0.0319. The molecule has 8 heteroatoms. The highest BCUT2D eigenvalue weighted by atomic mass is 79.9. The van der Waals surface area contributed by atoms with Crippen LogP contribution < -0.4 is 0 Å². The van der Waals surface area contributed by atoms with E-state index < -0.39 is 15.6 Å². The number of pyridine rings is 1. The van der Waals surface area contributed by atoms with Gasteiger partial charge in [0.2, 0.25) is 10.0 Å². The lowest BCUT2D eigenvalue weighted by atomic mass is 9.96. The lowest BCUT2D eigenvalue weighted by Gasteiger charge is -2.38. The molecule has 1 aromatic rings. The van der Waals surface area contributed by atoms with Gasteiger partial charge in [-0.15, -0.1) is 0 Å². The fourth-order valence-electron chi connectivity index (χ4n) is 2.26. The third-order valence-corrected chi connectivity index (χ3v) is 6.21. The second kappa shape index (κ2) is 5.88. The summed E-state index contributed by atoms with van der Waals surface area (Å²) in [7, 11) is -2.07.